The van der Waals surface area contributed by atoms with Gasteiger partial charge in [-0.1, -0.05) is 44.5 Å². The number of aryl methyl sites for hydroxylation is 2. The van der Waals surface area contributed by atoms with Gasteiger partial charge in [0.1, 0.15) is 11.5 Å². The van der Waals surface area contributed by atoms with Crippen molar-refractivity contribution in [1.82, 2.24) is 10.9 Å². The second-order valence-corrected chi connectivity index (χ2v) is 8.20. The molecule has 0 saturated heterocycles. The minimum Gasteiger partial charge on any atom is -0.484 e. The fourth-order valence-corrected chi connectivity index (χ4v) is 2.66. The standard InChI is InChI=1S/C22H27ClN2O4/c1-14-10-18(11-15(2)21(14)23)29-13-20(27)25-24-19(26)12-28-17-8-6-16(7-9-17)22(3,4)5/h6-11H,12-13H2,1-5H3,(H,24,26)(H,25,27). The third-order valence-electron chi connectivity index (χ3n) is 4.21. The third kappa shape index (κ3) is 6.98. The van der Waals surface area contributed by atoms with Gasteiger partial charge in [-0.3, -0.25) is 20.4 Å². The summed E-state index contributed by atoms with van der Waals surface area (Å²) in [6.45, 7) is 9.63. The molecule has 0 atom stereocenters. The van der Waals surface area contributed by atoms with E-state index in [0.717, 1.165) is 11.1 Å². The molecule has 0 heterocycles. The monoisotopic (exact) mass is 418 g/mol. The summed E-state index contributed by atoms with van der Waals surface area (Å²) in [4.78, 5) is 23.7. The molecule has 0 radical (unpaired) electrons. The largest absolute Gasteiger partial charge is 0.484 e. The molecule has 0 spiro atoms. The van der Waals surface area contributed by atoms with Crippen LogP contribution in [-0.4, -0.2) is 25.0 Å². The Balaban J connectivity index is 1.72. The van der Waals surface area contributed by atoms with Crippen molar-refractivity contribution in [1.29, 1.82) is 0 Å². The van der Waals surface area contributed by atoms with Crippen molar-refractivity contribution in [3.63, 3.8) is 0 Å². The number of ether oxygens (including phenoxy) is 2. The minimum absolute atomic E-state index is 0.0473. The fraction of sp³-hybridized carbons (Fsp3) is 0.364. The number of carbonyl (C=O) groups excluding carboxylic acids is 2. The number of nitrogens with one attached hydrogen (secondary N) is 2. The maximum absolute atomic E-state index is 11.8. The summed E-state index contributed by atoms with van der Waals surface area (Å²) in [5, 5.41) is 0.669. The van der Waals surface area contributed by atoms with Crippen LogP contribution in [-0.2, 0) is 15.0 Å². The van der Waals surface area contributed by atoms with Crippen LogP contribution in [0.4, 0.5) is 0 Å². The van der Waals surface area contributed by atoms with Crippen LogP contribution in [0.1, 0.15) is 37.5 Å². The molecule has 2 aromatic carbocycles. The Morgan fingerprint density at radius 3 is 1.76 bits per heavy atom. The Morgan fingerprint density at radius 2 is 1.31 bits per heavy atom. The molecule has 0 bridgehead atoms. The van der Waals surface area contributed by atoms with E-state index in [1.165, 1.54) is 5.56 Å². The highest BCUT2D eigenvalue weighted by Gasteiger charge is 2.13. The molecule has 0 unspecified atom stereocenters. The van der Waals surface area contributed by atoms with E-state index in [4.69, 9.17) is 21.1 Å². The van der Waals surface area contributed by atoms with Crippen molar-refractivity contribution in [2.75, 3.05) is 13.2 Å². The van der Waals surface area contributed by atoms with Crippen molar-refractivity contribution in [2.24, 2.45) is 0 Å². The van der Waals surface area contributed by atoms with Crippen LogP contribution in [0.25, 0.3) is 0 Å². The zero-order chi connectivity index (χ0) is 21.6. The number of amides is 2. The molecule has 156 valence electrons. The van der Waals surface area contributed by atoms with Crippen LogP contribution < -0.4 is 20.3 Å². The zero-order valence-electron chi connectivity index (χ0n) is 17.4. The predicted molar refractivity (Wildman–Crippen MR) is 113 cm³/mol. The van der Waals surface area contributed by atoms with Gasteiger partial charge in [0.15, 0.2) is 13.2 Å². The highest BCUT2D eigenvalue weighted by Crippen LogP contribution is 2.26. The molecule has 7 heteroatoms. The number of halogens is 1. The molecule has 0 aliphatic heterocycles. The highest BCUT2D eigenvalue weighted by molar-refractivity contribution is 6.32. The first-order valence-electron chi connectivity index (χ1n) is 9.27. The lowest BCUT2D eigenvalue weighted by atomic mass is 9.87. The van der Waals surface area contributed by atoms with Crippen LogP contribution in [0.3, 0.4) is 0 Å². The molecule has 2 aromatic rings. The molecule has 2 N–H and O–H groups in total. The van der Waals surface area contributed by atoms with E-state index < -0.39 is 11.8 Å². The molecule has 2 amide bonds. The fourth-order valence-electron chi connectivity index (χ4n) is 2.55. The smallest absolute Gasteiger partial charge is 0.276 e. The van der Waals surface area contributed by atoms with Gasteiger partial charge in [-0.2, -0.15) is 0 Å². The van der Waals surface area contributed by atoms with Gasteiger partial charge in [0.2, 0.25) is 0 Å². The molecule has 0 fully saturated rings. The average molecular weight is 419 g/mol. The molecular weight excluding hydrogens is 392 g/mol. The van der Waals surface area contributed by atoms with Crippen LogP contribution >= 0.6 is 11.6 Å². The summed E-state index contributed by atoms with van der Waals surface area (Å²) in [7, 11) is 0. The van der Waals surface area contributed by atoms with Crippen molar-refractivity contribution in [3.8, 4) is 11.5 Å². The van der Waals surface area contributed by atoms with Crippen LogP contribution in [0.5, 0.6) is 11.5 Å². The molecule has 6 nitrogen and oxygen atoms in total. The summed E-state index contributed by atoms with van der Waals surface area (Å²) in [6.07, 6.45) is 0. The number of benzene rings is 2. The van der Waals surface area contributed by atoms with E-state index in [0.29, 0.717) is 16.5 Å². The molecular formula is C22H27ClN2O4. The lowest BCUT2D eigenvalue weighted by molar-refractivity contribution is -0.131. The lowest BCUT2D eigenvalue weighted by Crippen LogP contribution is -2.45. The number of rotatable bonds is 6. The van der Waals surface area contributed by atoms with Gasteiger partial charge in [0.25, 0.3) is 11.8 Å². The van der Waals surface area contributed by atoms with Crippen molar-refractivity contribution >= 4 is 23.4 Å². The van der Waals surface area contributed by atoms with Gasteiger partial charge in [0, 0.05) is 5.02 Å². The number of carbonyl (C=O) groups is 2. The van der Waals surface area contributed by atoms with E-state index in [1.54, 1.807) is 12.1 Å². The van der Waals surface area contributed by atoms with Crippen LogP contribution in [0, 0.1) is 13.8 Å². The summed E-state index contributed by atoms with van der Waals surface area (Å²) in [5.41, 5.74) is 7.53. The molecule has 0 aliphatic carbocycles. The first-order chi connectivity index (χ1) is 13.6. The average Bonchev–Trinajstić information content (AvgIpc) is 2.66. The predicted octanol–water partition coefficient (Wildman–Crippen LogP) is 3.86. The SMILES string of the molecule is Cc1cc(OCC(=O)NNC(=O)COc2ccc(C(C)(C)C)cc2)cc(C)c1Cl. The van der Waals surface area contributed by atoms with Crippen LogP contribution in [0.2, 0.25) is 5.02 Å². The van der Waals surface area contributed by atoms with Gasteiger partial charge in [0.05, 0.1) is 0 Å². The Bertz CT molecular complexity index is 850. The Morgan fingerprint density at radius 1 is 0.862 bits per heavy atom. The first-order valence-corrected chi connectivity index (χ1v) is 9.64. The molecule has 29 heavy (non-hydrogen) atoms. The Kier molecular flexibility index (Phi) is 7.51. The number of hydrazine groups is 1. The second kappa shape index (κ2) is 9.65. The topological polar surface area (TPSA) is 76.7 Å². The van der Waals surface area contributed by atoms with E-state index in [1.807, 2.05) is 38.1 Å². The van der Waals surface area contributed by atoms with E-state index >= 15 is 0 Å². The summed E-state index contributed by atoms with van der Waals surface area (Å²) in [5.74, 6) is 0.152. The van der Waals surface area contributed by atoms with E-state index in [2.05, 4.69) is 31.6 Å². The Labute approximate surface area is 176 Å². The normalized spacial score (nSPS) is 11.0. The maximum Gasteiger partial charge on any atom is 0.276 e. The molecule has 0 aromatic heterocycles. The van der Waals surface area contributed by atoms with Gasteiger partial charge in [-0.25, -0.2) is 0 Å². The van der Waals surface area contributed by atoms with E-state index in [-0.39, 0.29) is 18.6 Å². The van der Waals surface area contributed by atoms with Crippen molar-refractivity contribution < 1.29 is 19.1 Å². The quantitative estimate of drug-likeness (QED) is 0.698. The van der Waals surface area contributed by atoms with Crippen molar-refractivity contribution in [2.45, 2.75) is 40.0 Å². The van der Waals surface area contributed by atoms with Crippen molar-refractivity contribution in [3.05, 3.63) is 58.1 Å². The molecule has 0 saturated carbocycles. The van der Waals surface area contributed by atoms with Crippen LogP contribution in [0.15, 0.2) is 36.4 Å². The summed E-state index contributed by atoms with van der Waals surface area (Å²) >= 11 is 6.10. The summed E-state index contributed by atoms with van der Waals surface area (Å²) < 4.78 is 10.9. The molecule has 2 rings (SSSR count). The third-order valence-corrected chi connectivity index (χ3v) is 4.81. The highest BCUT2D eigenvalue weighted by atomic mass is 35.5. The zero-order valence-corrected chi connectivity index (χ0v) is 18.1. The lowest BCUT2D eigenvalue weighted by Gasteiger charge is -2.19. The van der Waals surface area contributed by atoms with Gasteiger partial charge >= 0.3 is 0 Å². The first kappa shape index (κ1) is 22.6. The number of hydrogen-bond donors (Lipinski definition) is 2. The number of hydrogen-bond acceptors (Lipinski definition) is 4. The second-order valence-electron chi connectivity index (χ2n) is 7.82. The van der Waals surface area contributed by atoms with Gasteiger partial charge in [-0.05, 0) is 60.2 Å². The minimum atomic E-state index is -0.488. The summed E-state index contributed by atoms with van der Waals surface area (Å²) in [6, 6.07) is 11.1. The van der Waals surface area contributed by atoms with E-state index in [9.17, 15) is 9.59 Å². The van der Waals surface area contributed by atoms with Gasteiger partial charge < -0.3 is 9.47 Å². The maximum atomic E-state index is 11.8. The van der Waals surface area contributed by atoms with Gasteiger partial charge in [-0.15, -0.1) is 0 Å². The molecule has 0 aliphatic rings. The Hall–Kier alpha value is -2.73.